The van der Waals surface area contributed by atoms with Crippen molar-refractivity contribution in [1.29, 1.82) is 5.26 Å². The van der Waals surface area contributed by atoms with Crippen LogP contribution in [0.1, 0.15) is 20.3 Å². The van der Waals surface area contributed by atoms with Crippen LogP contribution in [0, 0.1) is 17.2 Å². The average Bonchev–Trinajstić information content (AvgIpc) is 2.24. The van der Waals surface area contributed by atoms with Crippen LogP contribution in [0.3, 0.4) is 0 Å². The summed E-state index contributed by atoms with van der Waals surface area (Å²) < 4.78 is 0.980. The smallest absolute Gasteiger partial charge is 0.0640 e. The maximum Gasteiger partial charge on any atom is 0.0640 e. The van der Waals surface area contributed by atoms with Crippen molar-refractivity contribution in [2.75, 3.05) is 18.0 Å². The highest BCUT2D eigenvalue weighted by Gasteiger charge is 2.11. The molecule has 0 aliphatic rings. The lowest BCUT2D eigenvalue weighted by Crippen LogP contribution is -2.28. The van der Waals surface area contributed by atoms with Gasteiger partial charge >= 0.3 is 0 Å². The van der Waals surface area contributed by atoms with Crippen LogP contribution in [-0.4, -0.2) is 18.1 Å². The molecule has 1 rings (SSSR count). The lowest BCUT2D eigenvalue weighted by atomic mass is 10.2. The van der Waals surface area contributed by atoms with Gasteiger partial charge in [0.2, 0.25) is 0 Å². The minimum Gasteiger partial charge on any atom is -0.369 e. The molecule has 0 N–H and O–H groups in total. The molecule has 0 amide bonds. The summed E-state index contributed by atoms with van der Waals surface area (Å²) in [6.07, 6.45) is 4.11. The molecule has 0 aliphatic carbocycles. The van der Waals surface area contributed by atoms with Crippen molar-refractivity contribution >= 4 is 21.6 Å². The molecule has 0 aromatic carbocycles. The molecule has 1 heterocycles. The molecule has 0 unspecified atom stereocenters. The number of anilines is 1. The standard InChI is InChI=1S/C12H16BrN3/c1-10(2)9-16(7-3-5-14)12-4-6-15-8-11(12)13/h4,6,8,10H,3,7,9H2,1-2H3. The summed E-state index contributed by atoms with van der Waals surface area (Å²) in [5.74, 6) is 0.568. The Bertz CT molecular complexity index is 371. The topological polar surface area (TPSA) is 39.9 Å². The molecule has 3 nitrogen and oxygen atoms in total. The molecular weight excluding hydrogens is 266 g/mol. The number of nitrogens with zero attached hydrogens (tertiary/aromatic N) is 3. The van der Waals surface area contributed by atoms with E-state index in [9.17, 15) is 0 Å². The Labute approximate surface area is 105 Å². The summed E-state index contributed by atoms with van der Waals surface area (Å²) in [4.78, 5) is 6.27. The fourth-order valence-electron chi connectivity index (χ4n) is 1.56. The van der Waals surface area contributed by atoms with Gasteiger partial charge in [-0.3, -0.25) is 4.98 Å². The van der Waals surface area contributed by atoms with Crippen LogP contribution in [0.2, 0.25) is 0 Å². The number of halogens is 1. The summed E-state index contributed by atoms with van der Waals surface area (Å²) >= 11 is 3.49. The molecular formula is C12H16BrN3. The summed E-state index contributed by atoms with van der Waals surface area (Å²) in [6, 6.07) is 4.16. The Kier molecular flexibility index (Phi) is 5.27. The molecule has 0 bridgehead atoms. The van der Waals surface area contributed by atoms with E-state index in [0.29, 0.717) is 12.3 Å². The van der Waals surface area contributed by atoms with Gasteiger partial charge in [0, 0.05) is 25.5 Å². The van der Waals surface area contributed by atoms with Gasteiger partial charge in [0.25, 0.3) is 0 Å². The highest BCUT2D eigenvalue weighted by Crippen LogP contribution is 2.25. The van der Waals surface area contributed by atoms with E-state index in [0.717, 1.165) is 23.2 Å². The minimum absolute atomic E-state index is 0.543. The van der Waals surface area contributed by atoms with Crippen molar-refractivity contribution in [3.63, 3.8) is 0 Å². The molecule has 0 radical (unpaired) electrons. The van der Waals surface area contributed by atoms with Gasteiger partial charge in [-0.2, -0.15) is 5.26 Å². The Morgan fingerprint density at radius 1 is 1.56 bits per heavy atom. The molecule has 0 spiro atoms. The fourth-order valence-corrected chi connectivity index (χ4v) is 2.06. The SMILES string of the molecule is CC(C)CN(CCC#N)c1ccncc1Br. The first kappa shape index (κ1) is 13.0. The number of nitriles is 1. The van der Waals surface area contributed by atoms with Crippen molar-refractivity contribution in [2.45, 2.75) is 20.3 Å². The normalized spacial score (nSPS) is 10.2. The summed E-state index contributed by atoms with van der Waals surface area (Å²) in [5.41, 5.74) is 1.11. The first-order chi connectivity index (χ1) is 7.65. The van der Waals surface area contributed by atoms with E-state index in [4.69, 9.17) is 5.26 Å². The quantitative estimate of drug-likeness (QED) is 0.832. The number of hydrogen-bond acceptors (Lipinski definition) is 3. The monoisotopic (exact) mass is 281 g/mol. The van der Waals surface area contributed by atoms with Gasteiger partial charge in [0.05, 0.1) is 22.7 Å². The molecule has 1 aromatic rings. The van der Waals surface area contributed by atoms with Gasteiger partial charge in [-0.05, 0) is 27.9 Å². The van der Waals surface area contributed by atoms with Crippen molar-refractivity contribution in [3.8, 4) is 6.07 Å². The van der Waals surface area contributed by atoms with Crippen molar-refractivity contribution in [3.05, 3.63) is 22.9 Å². The molecule has 0 aliphatic heterocycles. The Morgan fingerprint density at radius 3 is 2.88 bits per heavy atom. The molecule has 0 atom stereocenters. The van der Waals surface area contributed by atoms with E-state index >= 15 is 0 Å². The number of rotatable bonds is 5. The molecule has 0 saturated carbocycles. The van der Waals surface area contributed by atoms with Gasteiger partial charge in [-0.1, -0.05) is 13.8 Å². The third kappa shape index (κ3) is 3.82. The van der Waals surface area contributed by atoms with Gasteiger partial charge < -0.3 is 4.90 Å². The maximum atomic E-state index is 8.66. The van der Waals surface area contributed by atoms with E-state index in [-0.39, 0.29) is 0 Å². The lowest BCUT2D eigenvalue weighted by Gasteiger charge is -2.26. The fraction of sp³-hybridized carbons (Fsp3) is 0.500. The van der Waals surface area contributed by atoms with Crippen molar-refractivity contribution in [2.24, 2.45) is 5.92 Å². The predicted octanol–water partition coefficient (Wildman–Crippen LogP) is 3.22. The second-order valence-corrected chi connectivity index (χ2v) is 4.93. The second kappa shape index (κ2) is 6.49. The molecule has 1 aromatic heterocycles. The van der Waals surface area contributed by atoms with Gasteiger partial charge in [0.1, 0.15) is 0 Å². The highest BCUT2D eigenvalue weighted by molar-refractivity contribution is 9.10. The van der Waals surface area contributed by atoms with Gasteiger partial charge in [-0.15, -0.1) is 0 Å². The van der Waals surface area contributed by atoms with E-state index in [1.807, 2.05) is 6.07 Å². The lowest BCUT2D eigenvalue weighted by molar-refractivity contribution is 0.611. The largest absolute Gasteiger partial charge is 0.369 e. The van der Waals surface area contributed by atoms with E-state index in [2.05, 4.69) is 45.7 Å². The van der Waals surface area contributed by atoms with E-state index < -0.39 is 0 Å². The van der Waals surface area contributed by atoms with Crippen LogP contribution in [0.15, 0.2) is 22.9 Å². The van der Waals surface area contributed by atoms with Crippen molar-refractivity contribution in [1.82, 2.24) is 4.98 Å². The highest BCUT2D eigenvalue weighted by atomic mass is 79.9. The zero-order valence-corrected chi connectivity index (χ0v) is 11.2. The van der Waals surface area contributed by atoms with E-state index in [1.165, 1.54) is 0 Å². The second-order valence-electron chi connectivity index (χ2n) is 4.08. The first-order valence-corrected chi connectivity index (χ1v) is 6.16. The zero-order valence-electron chi connectivity index (χ0n) is 9.65. The number of hydrogen-bond donors (Lipinski definition) is 0. The van der Waals surface area contributed by atoms with Crippen LogP contribution in [-0.2, 0) is 0 Å². The van der Waals surface area contributed by atoms with Crippen LogP contribution < -0.4 is 4.90 Å². The third-order valence-corrected chi connectivity index (χ3v) is 2.78. The predicted molar refractivity (Wildman–Crippen MR) is 69.2 cm³/mol. The summed E-state index contributed by atoms with van der Waals surface area (Å²) in [7, 11) is 0. The summed E-state index contributed by atoms with van der Waals surface area (Å²) in [5, 5.41) is 8.66. The Balaban J connectivity index is 2.83. The third-order valence-electron chi connectivity index (χ3n) is 2.17. The van der Waals surface area contributed by atoms with Gasteiger partial charge in [0.15, 0.2) is 0 Å². The first-order valence-electron chi connectivity index (χ1n) is 5.36. The van der Waals surface area contributed by atoms with Crippen LogP contribution >= 0.6 is 15.9 Å². The molecule has 0 fully saturated rings. The van der Waals surface area contributed by atoms with Crippen LogP contribution in [0.5, 0.6) is 0 Å². The average molecular weight is 282 g/mol. The van der Waals surface area contributed by atoms with Crippen LogP contribution in [0.25, 0.3) is 0 Å². The van der Waals surface area contributed by atoms with Crippen molar-refractivity contribution < 1.29 is 0 Å². The molecule has 86 valence electrons. The molecule has 16 heavy (non-hydrogen) atoms. The summed E-state index contributed by atoms with van der Waals surface area (Å²) in [6.45, 7) is 6.06. The van der Waals surface area contributed by atoms with Gasteiger partial charge in [-0.25, -0.2) is 0 Å². The number of aromatic nitrogens is 1. The minimum atomic E-state index is 0.543. The Morgan fingerprint density at radius 2 is 2.31 bits per heavy atom. The molecule has 0 saturated heterocycles. The zero-order chi connectivity index (χ0) is 12.0. The Hall–Kier alpha value is -1.08. The molecule has 4 heteroatoms. The number of pyridine rings is 1. The maximum absolute atomic E-state index is 8.66. The van der Waals surface area contributed by atoms with Crippen LogP contribution in [0.4, 0.5) is 5.69 Å². The van der Waals surface area contributed by atoms with E-state index in [1.54, 1.807) is 12.4 Å².